The molecule has 0 saturated carbocycles. The Morgan fingerprint density at radius 1 is 1.57 bits per heavy atom. The number of nitro benzene ring substituents is 1. The van der Waals surface area contributed by atoms with Gasteiger partial charge < -0.3 is 10.0 Å². The first-order chi connectivity index (χ1) is 9.83. The molecule has 0 spiro atoms. The van der Waals surface area contributed by atoms with E-state index in [1.54, 1.807) is 13.0 Å². The van der Waals surface area contributed by atoms with Crippen molar-refractivity contribution in [1.82, 2.24) is 0 Å². The van der Waals surface area contributed by atoms with E-state index in [1.165, 1.54) is 6.07 Å². The zero-order chi connectivity index (χ0) is 15.8. The standard InChI is InChI=1S/C14H17BrN2O4/c1-3-14(13(18)19)5-4-6-16(14)12-7-9(2)11(17(20)21)8-10(12)15/h7-8H,3-6H2,1-2H3,(H,18,19). The monoisotopic (exact) mass is 356 g/mol. The molecule has 2 rings (SSSR count). The number of benzene rings is 1. The van der Waals surface area contributed by atoms with Crippen molar-refractivity contribution in [2.45, 2.75) is 38.6 Å². The molecule has 0 amide bonds. The number of rotatable bonds is 4. The van der Waals surface area contributed by atoms with E-state index >= 15 is 0 Å². The number of aryl methyl sites for hydroxylation is 1. The van der Waals surface area contributed by atoms with Crippen LogP contribution in [-0.2, 0) is 4.79 Å². The summed E-state index contributed by atoms with van der Waals surface area (Å²) in [6.45, 7) is 4.16. The van der Waals surface area contributed by atoms with Crippen LogP contribution in [0, 0.1) is 17.0 Å². The summed E-state index contributed by atoms with van der Waals surface area (Å²) in [5.41, 5.74) is 0.341. The SMILES string of the molecule is CCC1(C(=O)O)CCCN1c1cc(C)c([N+](=O)[O-])cc1Br. The smallest absolute Gasteiger partial charge is 0.329 e. The van der Waals surface area contributed by atoms with Gasteiger partial charge in [-0.2, -0.15) is 0 Å². The Balaban J connectivity index is 2.53. The molecule has 1 atom stereocenters. The summed E-state index contributed by atoms with van der Waals surface area (Å²) in [6, 6.07) is 3.14. The van der Waals surface area contributed by atoms with Crippen molar-refractivity contribution in [2.75, 3.05) is 11.4 Å². The molecule has 114 valence electrons. The molecular formula is C14H17BrN2O4. The van der Waals surface area contributed by atoms with Crippen LogP contribution in [0.5, 0.6) is 0 Å². The van der Waals surface area contributed by atoms with Crippen LogP contribution in [0.2, 0.25) is 0 Å². The van der Waals surface area contributed by atoms with Crippen molar-refractivity contribution in [3.05, 3.63) is 32.3 Å². The maximum Gasteiger partial charge on any atom is 0.329 e. The van der Waals surface area contributed by atoms with E-state index in [4.69, 9.17) is 0 Å². The van der Waals surface area contributed by atoms with Gasteiger partial charge in [-0.05, 0) is 48.2 Å². The van der Waals surface area contributed by atoms with Gasteiger partial charge in [0.25, 0.3) is 5.69 Å². The number of hydrogen-bond donors (Lipinski definition) is 1. The van der Waals surface area contributed by atoms with Gasteiger partial charge in [-0.25, -0.2) is 4.79 Å². The summed E-state index contributed by atoms with van der Waals surface area (Å²) < 4.78 is 0.556. The molecule has 1 aromatic carbocycles. The number of halogens is 1. The molecule has 1 aliphatic rings. The van der Waals surface area contributed by atoms with Gasteiger partial charge in [0, 0.05) is 22.6 Å². The number of carboxylic acids is 1. The normalized spacial score (nSPS) is 21.6. The predicted molar refractivity (Wildman–Crippen MR) is 82.8 cm³/mol. The lowest BCUT2D eigenvalue weighted by molar-refractivity contribution is -0.385. The van der Waals surface area contributed by atoms with Crippen molar-refractivity contribution in [3.63, 3.8) is 0 Å². The fourth-order valence-corrected chi connectivity index (χ4v) is 3.58. The molecular weight excluding hydrogens is 340 g/mol. The van der Waals surface area contributed by atoms with Crippen molar-refractivity contribution in [1.29, 1.82) is 0 Å². The minimum Gasteiger partial charge on any atom is -0.479 e. The molecule has 1 saturated heterocycles. The van der Waals surface area contributed by atoms with Crippen molar-refractivity contribution >= 4 is 33.3 Å². The molecule has 1 fully saturated rings. The Kier molecular flexibility index (Phi) is 4.22. The number of anilines is 1. The Hall–Kier alpha value is -1.63. The Morgan fingerprint density at radius 2 is 2.24 bits per heavy atom. The van der Waals surface area contributed by atoms with Gasteiger partial charge in [0.1, 0.15) is 5.54 Å². The van der Waals surface area contributed by atoms with Crippen LogP contribution in [0.25, 0.3) is 0 Å². The van der Waals surface area contributed by atoms with Crippen LogP contribution in [0.3, 0.4) is 0 Å². The average Bonchev–Trinajstić information content (AvgIpc) is 2.85. The molecule has 6 nitrogen and oxygen atoms in total. The molecule has 21 heavy (non-hydrogen) atoms. The summed E-state index contributed by atoms with van der Waals surface area (Å²) in [5, 5.41) is 20.6. The lowest BCUT2D eigenvalue weighted by Crippen LogP contribution is -2.50. The van der Waals surface area contributed by atoms with Gasteiger partial charge in [-0.15, -0.1) is 0 Å². The molecule has 7 heteroatoms. The molecule has 1 aliphatic heterocycles. The number of carbonyl (C=O) groups is 1. The van der Waals surface area contributed by atoms with Crippen LogP contribution < -0.4 is 4.90 Å². The van der Waals surface area contributed by atoms with Gasteiger partial charge in [0.15, 0.2) is 0 Å². The van der Waals surface area contributed by atoms with Crippen LogP contribution >= 0.6 is 15.9 Å². The van der Waals surface area contributed by atoms with Crippen LogP contribution in [0.15, 0.2) is 16.6 Å². The third kappa shape index (κ3) is 2.50. The van der Waals surface area contributed by atoms with Gasteiger partial charge in [-0.3, -0.25) is 10.1 Å². The lowest BCUT2D eigenvalue weighted by Gasteiger charge is -2.36. The molecule has 0 aliphatic carbocycles. The van der Waals surface area contributed by atoms with E-state index < -0.39 is 16.4 Å². The number of nitrogens with zero attached hydrogens (tertiary/aromatic N) is 2. The fourth-order valence-electron chi connectivity index (χ4n) is 3.03. The predicted octanol–water partition coefficient (Wildman–Crippen LogP) is 3.50. The minimum atomic E-state index is -0.926. The third-order valence-electron chi connectivity index (χ3n) is 4.22. The Morgan fingerprint density at radius 3 is 2.76 bits per heavy atom. The van der Waals surface area contributed by atoms with Crippen molar-refractivity contribution in [3.8, 4) is 0 Å². The second-order valence-electron chi connectivity index (χ2n) is 5.29. The second-order valence-corrected chi connectivity index (χ2v) is 6.15. The Bertz CT molecular complexity index is 605. The highest BCUT2D eigenvalue weighted by molar-refractivity contribution is 9.10. The van der Waals surface area contributed by atoms with Gasteiger partial charge in [0.05, 0.1) is 10.6 Å². The first-order valence-electron chi connectivity index (χ1n) is 6.79. The summed E-state index contributed by atoms with van der Waals surface area (Å²) in [6.07, 6.45) is 1.87. The highest BCUT2D eigenvalue weighted by Gasteiger charge is 2.47. The largest absolute Gasteiger partial charge is 0.479 e. The van der Waals surface area contributed by atoms with Crippen LogP contribution in [0.4, 0.5) is 11.4 Å². The molecule has 1 aromatic rings. The molecule has 1 N–H and O–H groups in total. The van der Waals surface area contributed by atoms with Crippen molar-refractivity contribution < 1.29 is 14.8 Å². The van der Waals surface area contributed by atoms with Gasteiger partial charge >= 0.3 is 5.97 Å². The highest BCUT2D eigenvalue weighted by Crippen LogP contribution is 2.42. The second kappa shape index (κ2) is 5.63. The number of nitro groups is 1. The highest BCUT2D eigenvalue weighted by atomic mass is 79.9. The number of aliphatic carboxylic acids is 1. The van der Waals surface area contributed by atoms with Crippen LogP contribution in [0.1, 0.15) is 31.7 Å². The fraction of sp³-hybridized carbons (Fsp3) is 0.500. The molecule has 1 heterocycles. The quantitative estimate of drug-likeness (QED) is 0.659. The Labute approximate surface area is 131 Å². The zero-order valence-electron chi connectivity index (χ0n) is 11.9. The van der Waals surface area contributed by atoms with E-state index in [9.17, 15) is 20.0 Å². The van der Waals surface area contributed by atoms with Gasteiger partial charge in [-0.1, -0.05) is 6.92 Å². The summed E-state index contributed by atoms with van der Waals surface area (Å²) >= 11 is 3.35. The van der Waals surface area contributed by atoms with E-state index in [-0.39, 0.29) is 5.69 Å². The van der Waals surface area contributed by atoms with Gasteiger partial charge in [0.2, 0.25) is 0 Å². The van der Waals surface area contributed by atoms with E-state index in [1.807, 2.05) is 11.8 Å². The summed E-state index contributed by atoms with van der Waals surface area (Å²) in [5.74, 6) is -0.842. The van der Waals surface area contributed by atoms with E-state index in [0.717, 1.165) is 6.42 Å². The van der Waals surface area contributed by atoms with E-state index in [0.29, 0.717) is 35.1 Å². The van der Waals surface area contributed by atoms with Crippen molar-refractivity contribution in [2.24, 2.45) is 0 Å². The first-order valence-corrected chi connectivity index (χ1v) is 7.58. The lowest BCUT2D eigenvalue weighted by atomic mass is 9.92. The number of hydrogen-bond acceptors (Lipinski definition) is 4. The topological polar surface area (TPSA) is 83.7 Å². The summed E-state index contributed by atoms with van der Waals surface area (Å²) in [4.78, 5) is 24.1. The van der Waals surface area contributed by atoms with Crippen LogP contribution in [-0.4, -0.2) is 28.1 Å². The maximum atomic E-state index is 11.7. The molecule has 0 bridgehead atoms. The molecule has 0 radical (unpaired) electrons. The molecule has 0 aromatic heterocycles. The zero-order valence-corrected chi connectivity index (χ0v) is 13.5. The average molecular weight is 357 g/mol. The first kappa shape index (κ1) is 15.8. The molecule has 1 unspecified atom stereocenters. The van der Waals surface area contributed by atoms with E-state index in [2.05, 4.69) is 15.9 Å². The summed E-state index contributed by atoms with van der Waals surface area (Å²) in [7, 11) is 0. The number of carboxylic acid groups (broad SMARTS) is 1. The minimum absolute atomic E-state index is 0.0299. The third-order valence-corrected chi connectivity index (χ3v) is 4.86. The maximum absolute atomic E-state index is 11.7.